The number of fused-ring (bicyclic) bond motifs is 1. The fourth-order valence-corrected chi connectivity index (χ4v) is 8.34. The van der Waals surface area contributed by atoms with Crippen molar-refractivity contribution in [3.63, 3.8) is 0 Å². The highest BCUT2D eigenvalue weighted by Crippen LogP contribution is 2.39. The topological polar surface area (TPSA) is 83.0 Å². The summed E-state index contributed by atoms with van der Waals surface area (Å²) < 4.78 is 34.2. The lowest BCUT2D eigenvalue weighted by molar-refractivity contribution is -0.123. The predicted molar refractivity (Wildman–Crippen MR) is 150 cm³/mol. The number of rotatable bonds is 8. The number of amides is 1. The summed E-state index contributed by atoms with van der Waals surface area (Å²) in [5.41, 5.74) is 0.623. The van der Waals surface area contributed by atoms with Crippen molar-refractivity contribution < 1.29 is 17.9 Å². The Morgan fingerprint density at radius 3 is 2.42 bits per heavy atom. The van der Waals surface area contributed by atoms with E-state index in [0.29, 0.717) is 51.7 Å². The molecule has 1 fully saturated rings. The minimum Gasteiger partial charge on any atom is -0.494 e. The normalized spacial score (nSPS) is 15.3. The summed E-state index contributed by atoms with van der Waals surface area (Å²) in [6, 6.07) is 6.62. The van der Waals surface area contributed by atoms with Crippen LogP contribution in [0.1, 0.15) is 12.8 Å². The van der Waals surface area contributed by atoms with E-state index in [1.165, 1.54) is 21.7 Å². The molecule has 0 atom stereocenters. The standard InChI is InChI=1S/C22H26Cl2N4O4S3.ClH/c1-26(2)12-13-28(22-25-19-16(32-3)5-4-15(23)20(19)34-22)21(29)14-8-10-27(11-9-14)35(30,31)18-7-6-17(24)33-18;/h4-7,14H,8-13H2,1-3H3;1H. The highest BCUT2D eigenvalue weighted by atomic mass is 35.5. The number of carbonyl (C=O) groups is 1. The van der Waals surface area contributed by atoms with Gasteiger partial charge < -0.3 is 9.64 Å². The zero-order chi connectivity index (χ0) is 25.3. The Balaban J connectivity index is 0.00000361. The Morgan fingerprint density at radius 2 is 1.83 bits per heavy atom. The predicted octanol–water partition coefficient (Wildman–Crippen LogP) is 5.09. The Morgan fingerprint density at radius 1 is 1.14 bits per heavy atom. The molecule has 3 aromatic rings. The van der Waals surface area contributed by atoms with Crippen molar-refractivity contribution >= 4 is 89.6 Å². The average molecular weight is 614 g/mol. The number of likely N-dealkylation sites (N-methyl/N-ethyl adjacent to an activating group) is 1. The molecule has 1 aliphatic heterocycles. The number of thiophene rings is 1. The van der Waals surface area contributed by atoms with Crippen LogP contribution in [0.2, 0.25) is 9.36 Å². The highest BCUT2D eigenvalue weighted by Gasteiger charge is 2.35. The van der Waals surface area contributed by atoms with E-state index >= 15 is 0 Å². The van der Waals surface area contributed by atoms with Crippen molar-refractivity contribution in [2.75, 3.05) is 52.3 Å². The molecular formula is C22H27Cl3N4O4S3. The summed E-state index contributed by atoms with van der Waals surface area (Å²) in [6.45, 7) is 1.65. The molecule has 1 saturated heterocycles. The lowest BCUT2D eigenvalue weighted by Crippen LogP contribution is -2.45. The minimum atomic E-state index is -3.62. The van der Waals surface area contributed by atoms with Gasteiger partial charge in [0, 0.05) is 32.1 Å². The van der Waals surface area contributed by atoms with Gasteiger partial charge in [0.15, 0.2) is 5.13 Å². The van der Waals surface area contributed by atoms with E-state index in [-0.39, 0.29) is 41.5 Å². The molecule has 0 bridgehead atoms. The third-order valence-corrected chi connectivity index (χ3v) is 11.0. The summed E-state index contributed by atoms with van der Waals surface area (Å²) in [5, 5.41) is 1.11. The van der Waals surface area contributed by atoms with Crippen LogP contribution in [0.15, 0.2) is 28.5 Å². The van der Waals surface area contributed by atoms with Gasteiger partial charge in [-0.05, 0) is 51.2 Å². The Kier molecular flexibility index (Phi) is 9.89. The molecule has 1 aromatic carbocycles. The van der Waals surface area contributed by atoms with Crippen LogP contribution in [0.25, 0.3) is 10.2 Å². The number of carbonyl (C=O) groups excluding carboxylic acids is 1. The summed E-state index contributed by atoms with van der Waals surface area (Å²) in [6.07, 6.45) is 0.870. The first kappa shape index (κ1) is 29.4. The average Bonchev–Trinajstić information content (AvgIpc) is 3.47. The number of halogens is 3. The Bertz CT molecular complexity index is 1320. The van der Waals surface area contributed by atoms with Gasteiger partial charge in [-0.2, -0.15) is 4.31 Å². The van der Waals surface area contributed by atoms with Gasteiger partial charge in [-0.25, -0.2) is 13.4 Å². The third kappa shape index (κ3) is 6.10. The Hall–Kier alpha value is -1.18. The van der Waals surface area contributed by atoms with E-state index in [2.05, 4.69) is 0 Å². The van der Waals surface area contributed by atoms with Crippen molar-refractivity contribution in [1.29, 1.82) is 0 Å². The summed E-state index contributed by atoms with van der Waals surface area (Å²) in [4.78, 5) is 22.1. The van der Waals surface area contributed by atoms with Crippen LogP contribution in [0, 0.1) is 5.92 Å². The summed E-state index contributed by atoms with van der Waals surface area (Å²) in [7, 11) is 1.85. The smallest absolute Gasteiger partial charge is 0.252 e. The van der Waals surface area contributed by atoms with Gasteiger partial charge in [-0.3, -0.25) is 9.69 Å². The number of aromatic nitrogens is 1. The molecule has 2 aromatic heterocycles. The number of benzene rings is 1. The number of nitrogens with zero attached hydrogens (tertiary/aromatic N) is 4. The van der Waals surface area contributed by atoms with Crippen LogP contribution in [0.4, 0.5) is 5.13 Å². The fraction of sp³-hybridized carbons (Fsp3) is 0.455. The lowest BCUT2D eigenvalue weighted by atomic mass is 9.96. The monoisotopic (exact) mass is 612 g/mol. The van der Waals surface area contributed by atoms with Crippen LogP contribution in [-0.2, 0) is 14.8 Å². The number of anilines is 1. The van der Waals surface area contributed by atoms with Gasteiger partial charge in [-0.15, -0.1) is 23.7 Å². The molecule has 0 saturated carbocycles. The second-order valence-electron chi connectivity index (χ2n) is 8.45. The lowest BCUT2D eigenvalue weighted by Gasteiger charge is -2.33. The molecule has 0 aliphatic carbocycles. The first-order valence-corrected chi connectivity index (χ1v) is 14.8. The summed E-state index contributed by atoms with van der Waals surface area (Å²) >= 11 is 14.7. The molecule has 3 heterocycles. The Labute approximate surface area is 235 Å². The van der Waals surface area contributed by atoms with Crippen LogP contribution < -0.4 is 9.64 Å². The fourth-order valence-electron chi connectivity index (χ4n) is 3.95. The molecule has 198 valence electrons. The van der Waals surface area contributed by atoms with E-state index in [1.54, 1.807) is 30.2 Å². The largest absolute Gasteiger partial charge is 0.494 e. The van der Waals surface area contributed by atoms with Gasteiger partial charge in [0.1, 0.15) is 15.5 Å². The van der Waals surface area contributed by atoms with Crippen LogP contribution >= 0.6 is 58.3 Å². The number of hydrogen-bond donors (Lipinski definition) is 0. The van der Waals surface area contributed by atoms with E-state index in [4.69, 9.17) is 32.9 Å². The number of thiazole rings is 1. The summed E-state index contributed by atoms with van der Waals surface area (Å²) in [5.74, 6) is 0.233. The highest BCUT2D eigenvalue weighted by molar-refractivity contribution is 7.91. The molecule has 36 heavy (non-hydrogen) atoms. The van der Waals surface area contributed by atoms with Gasteiger partial charge in [0.25, 0.3) is 10.0 Å². The van der Waals surface area contributed by atoms with E-state index < -0.39 is 10.0 Å². The van der Waals surface area contributed by atoms with Crippen molar-refractivity contribution in [1.82, 2.24) is 14.2 Å². The minimum absolute atomic E-state index is 0. The zero-order valence-electron chi connectivity index (χ0n) is 19.9. The molecule has 8 nitrogen and oxygen atoms in total. The molecule has 1 amide bonds. The van der Waals surface area contributed by atoms with Gasteiger partial charge in [-0.1, -0.05) is 34.5 Å². The molecule has 0 unspecified atom stereocenters. The first-order valence-electron chi connectivity index (χ1n) is 11.0. The zero-order valence-corrected chi connectivity index (χ0v) is 24.7. The van der Waals surface area contributed by atoms with E-state index in [0.717, 1.165) is 16.0 Å². The maximum Gasteiger partial charge on any atom is 0.252 e. The van der Waals surface area contributed by atoms with E-state index in [9.17, 15) is 13.2 Å². The molecule has 0 spiro atoms. The van der Waals surface area contributed by atoms with E-state index in [1.807, 2.05) is 19.0 Å². The number of ether oxygens (including phenoxy) is 1. The molecule has 0 N–H and O–H groups in total. The molecule has 4 rings (SSSR count). The SMILES string of the molecule is COc1ccc(Cl)c2sc(N(CCN(C)C)C(=O)C3CCN(S(=O)(=O)c4ccc(Cl)s4)CC3)nc12.Cl. The van der Waals surface area contributed by atoms with Crippen molar-refractivity contribution in [3.05, 3.63) is 33.6 Å². The maximum atomic E-state index is 13.7. The van der Waals surface area contributed by atoms with Gasteiger partial charge in [0.05, 0.1) is 21.2 Å². The van der Waals surface area contributed by atoms with Crippen LogP contribution in [0.5, 0.6) is 5.75 Å². The number of piperidine rings is 1. The molecule has 1 aliphatic rings. The van der Waals surface area contributed by atoms with Gasteiger partial charge in [0.2, 0.25) is 5.91 Å². The number of hydrogen-bond acceptors (Lipinski definition) is 8. The molecular weight excluding hydrogens is 587 g/mol. The second-order valence-corrected chi connectivity index (χ2v) is 13.7. The van der Waals surface area contributed by atoms with Crippen molar-refractivity contribution in [2.24, 2.45) is 5.92 Å². The molecule has 14 heteroatoms. The molecule has 0 radical (unpaired) electrons. The van der Waals surface area contributed by atoms with Crippen LogP contribution in [0.3, 0.4) is 0 Å². The van der Waals surface area contributed by atoms with Gasteiger partial charge >= 0.3 is 0 Å². The van der Waals surface area contributed by atoms with Crippen LogP contribution in [-0.4, -0.2) is 75.9 Å². The number of sulfonamides is 1. The van der Waals surface area contributed by atoms with Crippen molar-refractivity contribution in [2.45, 2.75) is 17.1 Å². The first-order chi connectivity index (χ1) is 16.6. The third-order valence-electron chi connectivity index (χ3n) is 5.88. The quantitative estimate of drug-likeness (QED) is 0.352. The number of methoxy groups -OCH3 is 1. The van der Waals surface area contributed by atoms with Crippen molar-refractivity contribution in [3.8, 4) is 5.75 Å². The second kappa shape index (κ2) is 12.1. The maximum absolute atomic E-state index is 13.7.